The number of fused-ring (bicyclic) bond motifs is 1. The van der Waals surface area contributed by atoms with Crippen molar-refractivity contribution in [2.24, 2.45) is 4.99 Å². The SMILES string of the molecule is CCOC(=O)CN1C(=O)CN=C(c2ccccn2)c2cc(Cl)ccc21. The van der Waals surface area contributed by atoms with Gasteiger partial charge in [-0.05, 0) is 37.3 Å². The van der Waals surface area contributed by atoms with Gasteiger partial charge in [0.05, 0.1) is 23.7 Å². The van der Waals surface area contributed by atoms with Crippen molar-refractivity contribution < 1.29 is 14.3 Å². The number of aromatic nitrogens is 1. The summed E-state index contributed by atoms with van der Waals surface area (Å²) in [6, 6.07) is 10.6. The third kappa shape index (κ3) is 3.69. The Morgan fingerprint density at radius 1 is 1.32 bits per heavy atom. The molecule has 0 fully saturated rings. The summed E-state index contributed by atoms with van der Waals surface area (Å²) < 4.78 is 4.98. The summed E-state index contributed by atoms with van der Waals surface area (Å²) in [4.78, 5) is 34.6. The van der Waals surface area contributed by atoms with Crippen LogP contribution in [0.3, 0.4) is 0 Å². The second-order valence-electron chi connectivity index (χ2n) is 5.33. The second kappa shape index (κ2) is 7.44. The fourth-order valence-corrected chi connectivity index (χ4v) is 2.79. The third-order valence-electron chi connectivity index (χ3n) is 3.68. The van der Waals surface area contributed by atoms with Crippen molar-refractivity contribution in [3.8, 4) is 0 Å². The van der Waals surface area contributed by atoms with Crippen LogP contribution in [0.1, 0.15) is 18.2 Å². The Bertz CT molecular complexity index is 837. The first-order valence-electron chi connectivity index (χ1n) is 7.82. The van der Waals surface area contributed by atoms with E-state index in [1.807, 2.05) is 12.1 Å². The van der Waals surface area contributed by atoms with E-state index in [1.165, 1.54) is 4.90 Å². The van der Waals surface area contributed by atoms with E-state index >= 15 is 0 Å². The van der Waals surface area contributed by atoms with E-state index in [9.17, 15) is 9.59 Å². The molecule has 25 heavy (non-hydrogen) atoms. The molecule has 1 aromatic carbocycles. The summed E-state index contributed by atoms with van der Waals surface area (Å²) in [6.07, 6.45) is 1.66. The number of amides is 1. The Hall–Kier alpha value is -2.73. The van der Waals surface area contributed by atoms with Gasteiger partial charge in [0.25, 0.3) is 0 Å². The zero-order valence-electron chi connectivity index (χ0n) is 13.6. The predicted molar refractivity (Wildman–Crippen MR) is 95.2 cm³/mol. The lowest BCUT2D eigenvalue weighted by Crippen LogP contribution is -2.37. The van der Waals surface area contributed by atoms with Gasteiger partial charge in [-0.3, -0.25) is 24.5 Å². The van der Waals surface area contributed by atoms with Crippen molar-refractivity contribution in [1.29, 1.82) is 0 Å². The molecule has 0 radical (unpaired) electrons. The number of rotatable bonds is 4. The molecule has 2 aromatic rings. The lowest BCUT2D eigenvalue weighted by Gasteiger charge is -2.22. The van der Waals surface area contributed by atoms with E-state index in [0.717, 1.165) is 0 Å². The highest BCUT2D eigenvalue weighted by Crippen LogP contribution is 2.29. The van der Waals surface area contributed by atoms with Gasteiger partial charge in [-0.25, -0.2) is 0 Å². The third-order valence-corrected chi connectivity index (χ3v) is 3.91. The van der Waals surface area contributed by atoms with Gasteiger partial charge in [0.15, 0.2) is 0 Å². The molecule has 1 aliphatic rings. The average Bonchev–Trinajstić information content (AvgIpc) is 2.73. The van der Waals surface area contributed by atoms with Crippen molar-refractivity contribution >= 4 is 34.9 Å². The number of benzene rings is 1. The second-order valence-corrected chi connectivity index (χ2v) is 5.76. The number of nitrogens with zero attached hydrogens (tertiary/aromatic N) is 3. The number of carbonyl (C=O) groups is 2. The minimum Gasteiger partial charge on any atom is -0.465 e. The first kappa shape index (κ1) is 17.1. The molecule has 128 valence electrons. The fourth-order valence-electron chi connectivity index (χ4n) is 2.62. The van der Waals surface area contributed by atoms with Gasteiger partial charge in [-0.15, -0.1) is 0 Å². The van der Waals surface area contributed by atoms with Crippen LogP contribution in [0.15, 0.2) is 47.6 Å². The van der Waals surface area contributed by atoms with Crippen molar-refractivity contribution in [2.45, 2.75) is 6.92 Å². The molecule has 0 spiro atoms. The zero-order chi connectivity index (χ0) is 17.8. The number of hydrogen-bond donors (Lipinski definition) is 0. The Balaban J connectivity index is 2.08. The molecule has 2 heterocycles. The predicted octanol–water partition coefficient (Wildman–Crippen LogP) is 2.48. The van der Waals surface area contributed by atoms with Gasteiger partial charge >= 0.3 is 5.97 Å². The van der Waals surface area contributed by atoms with Crippen molar-refractivity contribution in [3.05, 3.63) is 58.9 Å². The topological polar surface area (TPSA) is 71.9 Å². The molecule has 0 N–H and O–H groups in total. The Morgan fingerprint density at radius 3 is 2.88 bits per heavy atom. The summed E-state index contributed by atoms with van der Waals surface area (Å²) in [6.45, 7) is 1.71. The number of anilines is 1. The minimum atomic E-state index is -0.474. The molecule has 7 heteroatoms. The van der Waals surface area contributed by atoms with E-state index in [4.69, 9.17) is 16.3 Å². The minimum absolute atomic E-state index is 0.0857. The maximum atomic E-state index is 12.5. The highest BCUT2D eigenvalue weighted by Gasteiger charge is 2.27. The van der Waals surface area contributed by atoms with E-state index in [2.05, 4.69) is 9.98 Å². The summed E-state index contributed by atoms with van der Waals surface area (Å²) in [5, 5.41) is 0.507. The first-order chi connectivity index (χ1) is 12.1. The quantitative estimate of drug-likeness (QED) is 0.788. The van der Waals surface area contributed by atoms with Gasteiger partial charge in [0.1, 0.15) is 13.1 Å². The molecule has 0 saturated carbocycles. The van der Waals surface area contributed by atoms with Crippen LogP contribution in [0.4, 0.5) is 5.69 Å². The molecule has 1 amide bonds. The van der Waals surface area contributed by atoms with Gasteiger partial charge < -0.3 is 4.74 Å². The molecule has 1 aliphatic heterocycles. The van der Waals surface area contributed by atoms with E-state index in [0.29, 0.717) is 27.7 Å². The van der Waals surface area contributed by atoms with E-state index in [1.54, 1.807) is 37.4 Å². The smallest absolute Gasteiger partial charge is 0.326 e. The number of hydrogen-bond acceptors (Lipinski definition) is 5. The Labute approximate surface area is 150 Å². The maximum absolute atomic E-state index is 12.5. The summed E-state index contributed by atoms with van der Waals surface area (Å²) in [5.41, 5.74) is 2.42. The average molecular weight is 358 g/mol. The maximum Gasteiger partial charge on any atom is 0.326 e. The lowest BCUT2D eigenvalue weighted by atomic mass is 10.0. The van der Waals surface area contributed by atoms with Gasteiger partial charge in [0, 0.05) is 16.8 Å². The first-order valence-corrected chi connectivity index (χ1v) is 8.19. The molecule has 0 bridgehead atoms. The largest absolute Gasteiger partial charge is 0.465 e. The number of benzodiazepines with no additional fused rings is 1. The van der Waals surface area contributed by atoms with Crippen LogP contribution in [-0.4, -0.2) is 42.3 Å². The van der Waals surface area contributed by atoms with Crippen LogP contribution in [0, 0.1) is 0 Å². The number of halogens is 1. The Morgan fingerprint density at radius 2 is 2.16 bits per heavy atom. The lowest BCUT2D eigenvalue weighted by molar-refractivity contribution is -0.142. The number of pyridine rings is 1. The van der Waals surface area contributed by atoms with Gasteiger partial charge in [-0.1, -0.05) is 17.7 Å². The van der Waals surface area contributed by atoms with Crippen LogP contribution < -0.4 is 4.90 Å². The van der Waals surface area contributed by atoms with Gasteiger partial charge in [0.2, 0.25) is 5.91 Å². The van der Waals surface area contributed by atoms with Crippen LogP contribution in [0.25, 0.3) is 0 Å². The standard InChI is InChI=1S/C18H16ClN3O3/c1-2-25-17(24)11-22-15-7-6-12(19)9-13(15)18(21-10-16(22)23)14-5-3-4-8-20-14/h3-9H,2,10-11H2,1H3. The number of ether oxygens (including phenoxy) is 1. The molecule has 0 saturated heterocycles. The van der Waals surface area contributed by atoms with Crippen molar-refractivity contribution in [3.63, 3.8) is 0 Å². The summed E-state index contributed by atoms with van der Waals surface area (Å²) in [5.74, 6) is -0.763. The molecular weight excluding hydrogens is 342 g/mol. The number of esters is 1. The van der Waals surface area contributed by atoms with Crippen molar-refractivity contribution in [2.75, 3.05) is 24.6 Å². The van der Waals surface area contributed by atoms with Crippen LogP contribution in [-0.2, 0) is 14.3 Å². The molecule has 0 unspecified atom stereocenters. The van der Waals surface area contributed by atoms with E-state index < -0.39 is 5.97 Å². The normalized spacial score (nSPS) is 13.8. The molecule has 3 rings (SSSR count). The number of aliphatic imine (C=N–C) groups is 1. The van der Waals surface area contributed by atoms with E-state index in [-0.39, 0.29) is 25.6 Å². The van der Waals surface area contributed by atoms with Crippen LogP contribution in [0.2, 0.25) is 5.02 Å². The van der Waals surface area contributed by atoms with Gasteiger partial charge in [-0.2, -0.15) is 0 Å². The molecule has 0 aliphatic carbocycles. The highest BCUT2D eigenvalue weighted by molar-refractivity contribution is 6.32. The molecule has 6 nitrogen and oxygen atoms in total. The molecular formula is C18H16ClN3O3. The molecule has 0 atom stereocenters. The number of carbonyl (C=O) groups excluding carboxylic acids is 2. The summed E-state index contributed by atoms with van der Waals surface area (Å²) >= 11 is 6.15. The summed E-state index contributed by atoms with van der Waals surface area (Å²) in [7, 11) is 0. The molecule has 1 aromatic heterocycles. The monoisotopic (exact) mass is 357 g/mol. The van der Waals surface area contributed by atoms with Crippen LogP contribution >= 0.6 is 11.6 Å². The highest BCUT2D eigenvalue weighted by atomic mass is 35.5. The Kier molecular flexibility index (Phi) is 5.09. The van der Waals surface area contributed by atoms with Crippen molar-refractivity contribution in [1.82, 2.24) is 4.98 Å². The zero-order valence-corrected chi connectivity index (χ0v) is 14.4. The fraction of sp³-hybridized carbons (Fsp3) is 0.222. The van der Waals surface area contributed by atoms with Crippen LogP contribution in [0.5, 0.6) is 0 Å².